The molecule has 0 saturated carbocycles. The van der Waals surface area contributed by atoms with Gasteiger partial charge in [0.15, 0.2) is 11.5 Å². The highest BCUT2D eigenvalue weighted by Gasteiger charge is 2.28. The van der Waals surface area contributed by atoms with Gasteiger partial charge in [0.2, 0.25) is 0 Å². The number of thiazole rings is 1. The summed E-state index contributed by atoms with van der Waals surface area (Å²) in [5.41, 5.74) is 2.63. The summed E-state index contributed by atoms with van der Waals surface area (Å²) < 4.78 is 23.9. The number of benzene rings is 2. The van der Waals surface area contributed by atoms with Crippen LogP contribution in [-0.4, -0.2) is 56.2 Å². The van der Waals surface area contributed by atoms with Crippen LogP contribution < -0.4 is 14.4 Å². The highest BCUT2D eigenvalue weighted by atomic mass is 32.1. The van der Waals surface area contributed by atoms with Crippen LogP contribution in [0.15, 0.2) is 42.5 Å². The minimum absolute atomic E-state index is 0.00282. The van der Waals surface area contributed by atoms with E-state index in [2.05, 4.69) is 9.88 Å². The molecule has 0 unspecified atom stereocenters. The fraction of sp³-hybridized carbons (Fsp3) is 0.360. The molecule has 4 rings (SSSR count). The number of anilines is 1. The molecule has 1 amide bonds. The lowest BCUT2D eigenvalue weighted by molar-refractivity contribution is 0.0713. The average molecular weight is 470 g/mol. The lowest BCUT2D eigenvalue weighted by Crippen LogP contribution is -2.45. The molecule has 0 spiro atoms. The summed E-state index contributed by atoms with van der Waals surface area (Å²) in [6.45, 7) is 3.53. The normalized spacial score (nSPS) is 14.3. The van der Waals surface area contributed by atoms with E-state index in [4.69, 9.17) is 9.47 Å². The number of ether oxygens (including phenoxy) is 2. The third-order valence-corrected chi connectivity index (χ3v) is 7.34. The fourth-order valence-electron chi connectivity index (χ4n) is 4.18. The number of carbonyl (C=O) groups excluding carboxylic acids is 1. The standard InChI is InChI=1S/C25H28FN3O3S/c1-16-23(33-24(27-16)17-5-10-21(31-3)22(15-17)32-4)25(30)28(2)19-11-13-29(14-12-19)20-8-6-18(26)7-9-20/h5-10,15,19H,11-14H2,1-4H3. The van der Waals surface area contributed by atoms with Crippen LogP contribution in [0.3, 0.4) is 0 Å². The maximum absolute atomic E-state index is 13.3. The van der Waals surface area contributed by atoms with Gasteiger partial charge in [0.1, 0.15) is 15.7 Å². The SMILES string of the molecule is COc1ccc(-c2nc(C)c(C(=O)N(C)C3CCN(c4ccc(F)cc4)CC3)s2)cc1OC. The molecule has 0 atom stereocenters. The van der Waals surface area contributed by atoms with Gasteiger partial charge in [-0.05, 0) is 62.2 Å². The summed E-state index contributed by atoms with van der Waals surface area (Å²) in [4.78, 5) is 22.7. The van der Waals surface area contributed by atoms with Gasteiger partial charge in [0.25, 0.3) is 5.91 Å². The van der Waals surface area contributed by atoms with Gasteiger partial charge in [0.05, 0.1) is 19.9 Å². The van der Waals surface area contributed by atoms with E-state index in [0.717, 1.165) is 47.9 Å². The van der Waals surface area contributed by atoms with E-state index >= 15 is 0 Å². The smallest absolute Gasteiger partial charge is 0.265 e. The molecular weight excluding hydrogens is 441 g/mol. The van der Waals surface area contributed by atoms with Crippen molar-refractivity contribution in [3.05, 3.63) is 58.9 Å². The summed E-state index contributed by atoms with van der Waals surface area (Å²) in [6, 6.07) is 12.4. The van der Waals surface area contributed by atoms with Crippen LogP contribution >= 0.6 is 11.3 Å². The zero-order chi connectivity index (χ0) is 23.5. The van der Waals surface area contributed by atoms with Gasteiger partial charge in [-0.15, -0.1) is 11.3 Å². The van der Waals surface area contributed by atoms with E-state index in [1.165, 1.54) is 23.5 Å². The number of piperidine rings is 1. The molecule has 3 aromatic rings. The molecule has 1 aliphatic rings. The Kier molecular flexibility index (Phi) is 6.83. The fourth-order valence-corrected chi connectivity index (χ4v) is 5.22. The molecule has 1 aromatic heterocycles. The second-order valence-corrected chi connectivity index (χ2v) is 9.11. The summed E-state index contributed by atoms with van der Waals surface area (Å²) >= 11 is 1.40. The van der Waals surface area contributed by atoms with Crippen LogP contribution in [0.2, 0.25) is 0 Å². The Hall–Kier alpha value is -3.13. The van der Waals surface area contributed by atoms with E-state index in [1.807, 2.05) is 37.1 Å². The zero-order valence-corrected chi connectivity index (χ0v) is 20.1. The number of halogens is 1. The van der Waals surface area contributed by atoms with Crippen LogP contribution in [0, 0.1) is 12.7 Å². The van der Waals surface area contributed by atoms with E-state index < -0.39 is 0 Å². The third kappa shape index (κ3) is 4.80. The van der Waals surface area contributed by atoms with Crippen molar-refractivity contribution in [1.29, 1.82) is 0 Å². The Morgan fingerprint density at radius 1 is 1.09 bits per heavy atom. The minimum atomic E-state index is -0.230. The second kappa shape index (κ2) is 9.79. The van der Waals surface area contributed by atoms with Crippen molar-refractivity contribution >= 4 is 22.9 Å². The lowest BCUT2D eigenvalue weighted by atomic mass is 10.0. The molecule has 174 valence electrons. The average Bonchev–Trinajstić information content (AvgIpc) is 3.24. The molecule has 0 aliphatic carbocycles. The van der Waals surface area contributed by atoms with Crippen molar-refractivity contribution < 1.29 is 18.7 Å². The quantitative estimate of drug-likeness (QED) is 0.508. The molecule has 1 fully saturated rings. The second-order valence-electron chi connectivity index (χ2n) is 8.11. The predicted molar refractivity (Wildman–Crippen MR) is 129 cm³/mol. The maximum Gasteiger partial charge on any atom is 0.265 e. The number of methoxy groups -OCH3 is 2. The van der Waals surface area contributed by atoms with Crippen molar-refractivity contribution in [3.63, 3.8) is 0 Å². The Labute approximate surface area is 197 Å². The molecule has 1 saturated heterocycles. The zero-order valence-electron chi connectivity index (χ0n) is 19.3. The number of amides is 1. The van der Waals surface area contributed by atoms with Crippen LogP contribution in [0.1, 0.15) is 28.2 Å². The molecule has 33 heavy (non-hydrogen) atoms. The van der Waals surface area contributed by atoms with Crippen LogP contribution in [-0.2, 0) is 0 Å². The molecule has 2 heterocycles. The Morgan fingerprint density at radius 2 is 1.76 bits per heavy atom. The van der Waals surface area contributed by atoms with Gasteiger partial charge < -0.3 is 19.3 Å². The van der Waals surface area contributed by atoms with Crippen LogP contribution in [0.4, 0.5) is 10.1 Å². The first-order valence-corrected chi connectivity index (χ1v) is 11.7. The first-order valence-electron chi connectivity index (χ1n) is 10.9. The highest BCUT2D eigenvalue weighted by molar-refractivity contribution is 7.17. The van der Waals surface area contributed by atoms with Gasteiger partial charge in [-0.25, -0.2) is 9.37 Å². The summed E-state index contributed by atoms with van der Waals surface area (Å²) in [7, 11) is 5.07. The maximum atomic E-state index is 13.3. The molecule has 0 radical (unpaired) electrons. The minimum Gasteiger partial charge on any atom is -0.493 e. The predicted octanol–water partition coefficient (Wildman–Crippen LogP) is 5.02. The van der Waals surface area contributed by atoms with Crippen molar-refractivity contribution in [2.24, 2.45) is 0 Å². The van der Waals surface area contributed by atoms with Gasteiger partial charge in [-0.3, -0.25) is 4.79 Å². The van der Waals surface area contributed by atoms with E-state index in [0.29, 0.717) is 16.4 Å². The number of hydrogen-bond acceptors (Lipinski definition) is 6. The first-order chi connectivity index (χ1) is 15.9. The number of nitrogens with zero attached hydrogens (tertiary/aromatic N) is 3. The Balaban J connectivity index is 1.45. The number of aryl methyl sites for hydroxylation is 1. The van der Waals surface area contributed by atoms with Crippen molar-refractivity contribution in [1.82, 2.24) is 9.88 Å². The van der Waals surface area contributed by atoms with Crippen LogP contribution in [0.5, 0.6) is 11.5 Å². The highest BCUT2D eigenvalue weighted by Crippen LogP contribution is 2.35. The topological polar surface area (TPSA) is 54.9 Å². The molecule has 8 heteroatoms. The van der Waals surface area contributed by atoms with E-state index in [1.54, 1.807) is 26.4 Å². The van der Waals surface area contributed by atoms with Gasteiger partial charge >= 0.3 is 0 Å². The molecule has 6 nitrogen and oxygen atoms in total. The molecule has 1 aliphatic heterocycles. The van der Waals surface area contributed by atoms with Crippen molar-refractivity contribution in [2.45, 2.75) is 25.8 Å². The van der Waals surface area contributed by atoms with Gasteiger partial charge in [0, 0.05) is 37.4 Å². The molecule has 2 aromatic carbocycles. The van der Waals surface area contributed by atoms with Crippen molar-refractivity contribution in [2.75, 3.05) is 39.3 Å². The van der Waals surface area contributed by atoms with Gasteiger partial charge in [-0.2, -0.15) is 0 Å². The number of aromatic nitrogens is 1. The van der Waals surface area contributed by atoms with Gasteiger partial charge in [-0.1, -0.05) is 0 Å². The lowest BCUT2D eigenvalue weighted by Gasteiger charge is -2.37. The summed E-state index contributed by atoms with van der Waals surface area (Å²) in [6.07, 6.45) is 1.72. The molecular formula is C25H28FN3O3S. The Bertz CT molecular complexity index is 1120. The molecule has 0 bridgehead atoms. The van der Waals surface area contributed by atoms with Crippen molar-refractivity contribution in [3.8, 4) is 22.1 Å². The first kappa shape index (κ1) is 23.0. The summed E-state index contributed by atoms with van der Waals surface area (Å²) in [5.74, 6) is 1.04. The Morgan fingerprint density at radius 3 is 2.39 bits per heavy atom. The molecule has 0 N–H and O–H groups in total. The number of rotatable bonds is 6. The summed E-state index contributed by atoms with van der Waals surface area (Å²) in [5, 5.41) is 0.774. The third-order valence-electron chi connectivity index (χ3n) is 6.15. The van der Waals surface area contributed by atoms with E-state index in [-0.39, 0.29) is 17.8 Å². The van der Waals surface area contributed by atoms with Crippen LogP contribution in [0.25, 0.3) is 10.6 Å². The van der Waals surface area contributed by atoms with E-state index in [9.17, 15) is 9.18 Å². The monoisotopic (exact) mass is 469 g/mol. The number of hydrogen-bond donors (Lipinski definition) is 0. The number of carbonyl (C=O) groups is 1. The largest absolute Gasteiger partial charge is 0.493 e.